The molecule has 0 amide bonds. The van der Waals surface area contributed by atoms with Gasteiger partial charge in [0.1, 0.15) is 0 Å². The van der Waals surface area contributed by atoms with Gasteiger partial charge in [-0.15, -0.1) is 11.6 Å². The van der Waals surface area contributed by atoms with Gasteiger partial charge in [-0.3, -0.25) is 0 Å². The average molecular weight is 226 g/mol. The minimum atomic E-state index is 0.571. The fourth-order valence-corrected chi connectivity index (χ4v) is 1.94. The van der Waals surface area contributed by atoms with E-state index in [-0.39, 0.29) is 0 Å². The third-order valence-electron chi connectivity index (χ3n) is 2.70. The second kappa shape index (κ2) is 5.38. The van der Waals surface area contributed by atoms with E-state index in [0.29, 0.717) is 11.8 Å². The van der Waals surface area contributed by atoms with Crippen molar-refractivity contribution in [3.8, 4) is 0 Å². The first kappa shape index (κ1) is 10.8. The van der Waals surface area contributed by atoms with Gasteiger partial charge in [0.2, 0.25) is 0 Å². The summed E-state index contributed by atoms with van der Waals surface area (Å²) in [5, 5.41) is 3.42. The Morgan fingerprint density at radius 3 is 3.13 bits per heavy atom. The van der Waals surface area contributed by atoms with Crippen LogP contribution in [0.15, 0.2) is 24.3 Å². The fourth-order valence-electron chi connectivity index (χ4n) is 1.77. The predicted octanol–water partition coefficient (Wildman–Crippen LogP) is 2.87. The third kappa shape index (κ3) is 3.11. The van der Waals surface area contributed by atoms with Gasteiger partial charge >= 0.3 is 0 Å². The number of alkyl halides is 1. The molecular weight excluding hydrogens is 210 g/mol. The molecule has 1 N–H and O–H groups in total. The Balaban J connectivity index is 1.86. The normalized spacial score (nSPS) is 20.5. The molecule has 1 unspecified atom stereocenters. The van der Waals surface area contributed by atoms with Gasteiger partial charge < -0.3 is 10.1 Å². The molecule has 0 aromatic heterocycles. The van der Waals surface area contributed by atoms with Crippen molar-refractivity contribution in [1.29, 1.82) is 0 Å². The van der Waals surface area contributed by atoms with E-state index in [9.17, 15) is 0 Å². The minimum Gasteiger partial charge on any atom is -0.385 e. The molecule has 0 radical (unpaired) electrons. The van der Waals surface area contributed by atoms with Crippen LogP contribution >= 0.6 is 11.6 Å². The van der Waals surface area contributed by atoms with Crippen molar-refractivity contribution in [3.05, 3.63) is 29.8 Å². The Morgan fingerprint density at radius 1 is 1.47 bits per heavy atom. The van der Waals surface area contributed by atoms with E-state index in [1.54, 1.807) is 0 Å². The molecule has 1 aliphatic heterocycles. The summed E-state index contributed by atoms with van der Waals surface area (Å²) in [7, 11) is 0. The van der Waals surface area contributed by atoms with E-state index in [1.165, 1.54) is 6.42 Å². The molecule has 15 heavy (non-hydrogen) atoms. The largest absolute Gasteiger partial charge is 0.385 e. The van der Waals surface area contributed by atoms with Crippen LogP contribution in [0.1, 0.15) is 12.0 Å². The van der Waals surface area contributed by atoms with Crippen LogP contribution < -0.4 is 5.32 Å². The molecule has 1 heterocycles. The first-order chi connectivity index (χ1) is 7.38. The molecule has 0 spiro atoms. The topological polar surface area (TPSA) is 21.3 Å². The zero-order valence-corrected chi connectivity index (χ0v) is 9.46. The number of anilines is 1. The molecule has 1 fully saturated rings. The predicted molar refractivity (Wildman–Crippen MR) is 63.4 cm³/mol. The van der Waals surface area contributed by atoms with Crippen molar-refractivity contribution in [3.63, 3.8) is 0 Å². The molecule has 1 saturated heterocycles. The maximum absolute atomic E-state index is 5.78. The highest BCUT2D eigenvalue weighted by Gasteiger charge is 2.14. The summed E-state index contributed by atoms with van der Waals surface area (Å²) in [5.74, 6) is 1.23. The van der Waals surface area contributed by atoms with E-state index in [0.717, 1.165) is 31.0 Å². The van der Waals surface area contributed by atoms with Gasteiger partial charge in [-0.1, -0.05) is 12.1 Å². The molecule has 1 aliphatic rings. The van der Waals surface area contributed by atoms with Crippen LogP contribution in [-0.2, 0) is 10.6 Å². The molecule has 3 heteroatoms. The molecule has 0 bridgehead atoms. The van der Waals surface area contributed by atoms with E-state index in [4.69, 9.17) is 16.3 Å². The number of nitrogens with one attached hydrogen (secondary N) is 1. The van der Waals surface area contributed by atoms with Gasteiger partial charge in [0, 0.05) is 30.6 Å². The molecule has 2 rings (SSSR count). The molecular formula is C12H16ClNO. The Morgan fingerprint density at radius 2 is 2.40 bits per heavy atom. The number of hydrogen-bond donors (Lipinski definition) is 1. The first-order valence-electron chi connectivity index (χ1n) is 5.35. The number of ether oxygens (including phenoxy) is 1. The molecule has 0 saturated carbocycles. The highest BCUT2D eigenvalue weighted by molar-refractivity contribution is 6.17. The van der Waals surface area contributed by atoms with Crippen molar-refractivity contribution < 1.29 is 4.74 Å². The Hall–Kier alpha value is -0.730. The van der Waals surface area contributed by atoms with Crippen LogP contribution in [0, 0.1) is 5.92 Å². The van der Waals surface area contributed by atoms with Crippen LogP contribution in [0.2, 0.25) is 0 Å². The summed E-state index contributed by atoms with van der Waals surface area (Å²) in [6.45, 7) is 2.79. The van der Waals surface area contributed by atoms with Gasteiger partial charge in [-0.05, 0) is 24.1 Å². The van der Waals surface area contributed by atoms with Crippen molar-refractivity contribution in [2.45, 2.75) is 12.3 Å². The SMILES string of the molecule is ClCc1cccc(NCC2CCOC2)c1. The van der Waals surface area contributed by atoms with Crippen LogP contribution in [-0.4, -0.2) is 19.8 Å². The Kier molecular flexibility index (Phi) is 3.87. The number of benzene rings is 1. The lowest BCUT2D eigenvalue weighted by Crippen LogP contribution is -2.13. The summed E-state index contributed by atoms with van der Waals surface area (Å²) >= 11 is 5.78. The molecule has 2 nitrogen and oxygen atoms in total. The molecule has 1 aromatic rings. The minimum absolute atomic E-state index is 0.571. The van der Waals surface area contributed by atoms with Crippen LogP contribution in [0.5, 0.6) is 0 Å². The molecule has 0 aliphatic carbocycles. The number of rotatable bonds is 4. The molecule has 1 atom stereocenters. The number of halogens is 1. The molecule has 1 aromatic carbocycles. The number of hydrogen-bond acceptors (Lipinski definition) is 2. The quantitative estimate of drug-likeness (QED) is 0.796. The summed E-state index contributed by atoms with van der Waals surface area (Å²) in [6.07, 6.45) is 1.17. The highest BCUT2D eigenvalue weighted by atomic mass is 35.5. The van der Waals surface area contributed by atoms with Gasteiger partial charge in [-0.25, -0.2) is 0 Å². The zero-order chi connectivity index (χ0) is 10.5. The van der Waals surface area contributed by atoms with Crippen LogP contribution in [0.4, 0.5) is 5.69 Å². The first-order valence-corrected chi connectivity index (χ1v) is 5.88. The van der Waals surface area contributed by atoms with Crippen molar-refractivity contribution in [2.75, 3.05) is 25.1 Å². The lowest BCUT2D eigenvalue weighted by molar-refractivity contribution is 0.187. The second-order valence-electron chi connectivity index (χ2n) is 3.94. The summed E-state index contributed by atoms with van der Waals surface area (Å²) < 4.78 is 5.33. The summed E-state index contributed by atoms with van der Waals surface area (Å²) in [4.78, 5) is 0. The third-order valence-corrected chi connectivity index (χ3v) is 3.01. The fraction of sp³-hybridized carbons (Fsp3) is 0.500. The monoisotopic (exact) mass is 225 g/mol. The van der Waals surface area contributed by atoms with Gasteiger partial charge in [0.15, 0.2) is 0 Å². The van der Waals surface area contributed by atoms with Gasteiger partial charge in [0.05, 0.1) is 6.61 Å². The standard InChI is InChI=1S/C12H16ClNO/c13-7-10-2-1-3-12(6-10)14-8-11-4-5-15-9-11/h1-3,6,11,14H,4-5,7-9H2. The highest BCUT2D eigenvalue weighted by Crippen LogP contribution is 2.16. The van der Waals surface area contributed by atoms with E-state index >= 15 is 0 Å². The Bertz CT molecular complexity index is 310. The van der Waals surface area contributed by atoms with Gasteiger partial charge in [0.25, 0.3) is 0 Å². The van der Waals surface area contributed by atoms with Gasteiger partial charge in [-0.2, -0.15) is 0 Å². The van der Waals surface area contributed by atoms with E-state index in [1.807, 2.05) is 12.1 Å². The Labute approximate surface area is 95.6 Å². The van der Waals surface area contributed by atoms with Crippen molar-refractivity contribution in [1.82, 2.24) is 0 Å². The zero-order valence-electron chi connectivity index (χ0n) is 8.71. The summed E-state index contributed by atoms with van der Waals surface area (Å²) in [5.41, 5.74) is 2.31. The van der Waals surface area contributed by atoms with E-state index in [2.05, 4.69) is 17.4 Å². The van der Waals surface area contributed by atoms with Crippen LogP contribution in [0.25, 0.3) is 0 Å². The van der Waals surface area contributed by atoms with Crippen molar-refractivity contribution >= 4 is 17.3 Å². The summed E-state index contributed by atoms with van der Waals surface area (Å²) in [6, 6.07) is 8.25. The van der Waals surface area contributed by atoms with Crippen molar-refractivity contribution in [2.24, 2.45) is 5.92 Å². The maximum Gasteiger partial charge on any atom is 0.0511 e. The van der Waals surface area contributed by atoms with Crippen LogP contribution in [0.3, 0.4) is 0 Å². The lowest BCUT2D eigenvalue weighted by atomic mass is 10.1. The lowest BCUT2D eigenvalue weighted by Gasteiger charge is -2.11. The van der Waals surface area contributed by atoms with E-state index < -0.39 is 0 Å². The maximum atomic E-state index is 5.78. The molecule has 82 valence electrons. The smallest absolute Gasteiger partial charge is 0.0511 e. The second-order valence-corrected chi connectivity index (χ2v) is 4.21. The average Bonchev–Trinajstić information content (AvgIpc) is 2.79.